The lowest BCUT2D eigenvalue weighted by Crippen LogP contribution is -2.24. The van der Waals surface area contributed by atoms with Crippen LogP contribution in [0.4, 0.5) is 0 Å². The fourth-order valence-electron chi connectivity index (χ4n) is 4.46. The summed E-state index contributed by atoms with van der Waals surface area (Å²) in [5.41, 5.74) is 6.73. The molecule has 0 atom stereocenters. The summed E-state index contributed by atoms with van der Waals surface area (Å²) in [4.78, 5) is 23.6. The van der Waals surface area contributed by atoms with Crippen LogP contribution in [0.2, 0.25) is 0 Å². The van der Waals surface area contributed by atoms with Crippen LogP contribution in [0, 0.1) is 0 Å². The summed E-state index contributed by atoms with van der Waals surface area (Å²) in [5, 5.41) is 10.3. The van der Waals surface area contributed by atoms with Gasteiger partial charge < -0.3 is 5.32 Å². The molecule has 7 heteroatoms. The molecule has 0 aliphatic heterocycles. The first-order valence-electron chi connectivity index (χ1n) is 11.1. The van der Waals surface area contributed by atoms with Crippen LogP contribution in [-0.4, -0.2) is 25.7 Å². The van der Waals surface area contributed by atoms with E-state index in [0.717, 1.165) is 51.8 Å². The summed E-state index contributed by atoms with van der Waals surface area (Å²) in [6.45, 7) is 0.444. The summed E-state index contributed by atoms with van der Waals surface area (Å²) in [6, 6.07) is 20.0. The number of rotatable bonds is 5. The number of amides is 1. The van der Waals surface area contributed by atoms with E-state index in [4.69, 9.17) is 4.98 Å². The van der Waals surface area contributed by atoms with E-state index >= 15 is 0 Å². The SMILES string of the molecule is O=C(NCc1ccc(-n2cncn2)cc1)c1c2c(nc3ccccc13)/C(=C\c1cccs1)CC2. The highest BCUT2D eigenvalue weighted by Gasteiger charge is 2.26. The zero-order chi connectivity index (χ0) is 22.9. The fraction of sp³-hybridized carbons (Fsp3) is 0.111. The highest BCUT2D eigenvalue weighted by atomic mass is 32.1. The van der Waals surface area contributed by atoms with Crippen molar-refractivity contribution < 1.29 is 4.79 Å². The number of fused-ring (bicyclic) bond motifs is 2. The van der Waals surface area contributed by atoms with Gasteiger partial charge in [0.2, 0.25) is 0 Å². The number of thiophene rings is 1. The Bertz CT molecular complexity index is 1500. The maximum atomic E-state index is 13.5. The van der Waals surface area contributed by atoms with Gasteiger partial charge >= 0.3 is 0 Å². The maximum Gasteiger partial charge on any atom is 0.252 e. The topological polar surface area (TPSA) is 72.7 Å². The van der Waals surface area contributed by atoms with Gasteiger partial charge in [0.25, 0.3) is 5.91 Å². The molecule has 3 heterocycles. The molecule has 0 radical (unpaired) electrons. The van der Waals surface area contributed by atoms with Crippen molar-refractivity contribution in [3.05, 3.63) is 106 Å². The van der Waals surface area contributed by atoms with Gasteiger partial charge in [0.05, 0.1) is 22.5 Å². The van der Waals surface area contributed by atoms with Crippen LogP contribution in [0.5, 0.6) is 0 Å². The van der Waals surface area contributed by atoms with E-state index in [1.807, 2.05) is 48.5 Å². The number of para-hydroxylation sites is 1. The van der Waals surface area contributed by atoms with Crippen LogP contribution in [0.1, 0.15) is 38.5 Å². The molecule has 0 bridgehead atoms. The Morgan fingerprint density at radius 1 is 1.06 bits per heavy atom. The van der Waals surface area contributed by atoms with Gasteiger partial charge in [-0.15, -0.1) is 11.3 Å². The van der Waals surface area contributed by atoms with Gasteiger partial charge in [0.15, 0.2) is 0 Å². The minimum absolute atomic E-state index is 0.0624. The smallest absolute Gasteiger partial charge is 0.252 e. The first-order chi connectivity index (χ1) is 16.8. The van der Waals surface area contributed by atoms with E-state index in [-0.39, 0.29) is 5.91 Å². The third kappa shape index (κ3) is 3.80. The van der Waals surface area contributed by atoms with Gasteiger partial charge in [-0.25, -0.2) is 14.6 Å². The van der Waals surface area contributed by atoms with Crippen molar-refractivity contribution in [1.82, 2.24) is 25.1 Å². The highest BCUT2D eigenvalue weighted by molar-refractivity contribution is 7.10. The lowest BCUT2D eigenvalue weighted by Gasteiger charge is -2.13. The third-order valence-electron chi connectivity index (χ3n) is 6.10. The molecule has 166 valence electrons. The molecule has 2 aromatic carbocycles. The number of aromatic nitrogens is 4. The molecule has 1 aliphatic rings. The molecule has 0 saturated carbocycles. The van der Waals surface area contributed by atoms with E-state index < -0.39 is 0 Å². The minimum atomic E-state index is -0.0624. The highest BCUT2D eigenvalue weighted by Crippen LogP contribution is 2.37. The van der Waals surface area contributed by atoms with Crippen LogP contribution >= 0.6 is 11.3 Å². The Morgan fingerprint density at radius 3 is 2.74 bits per heavy atom. The molecular formula is C27H21N5OS. The Kier molecular flexibility index (Phi) is 5.24. The van der Waals surface area contributed by atoms with Crippen LogP contribution in [-0.2, 0) is 13.0 Å². The van der Waals surface area contributed by atoms with E-state index in [2.05, 4.69) is 39.0 Å². The van der Waals surface area contributed by atoms with Crippen molar-refractivity contribution in [1.29, 1.82) is 0 Å². The van der Waals surface area contributed by atoms with Gasteiger partial charge in [-0.05, 0) is 65.3 Å². The molecule has 0 fully saturated rings. The number of hydrogen-bond donors (Lipinski definition) is 1. The van der Waals surface area contributed by atoms with Crippen molar-refractivity contribution >= 4 is 39.8 Å². The van der Waals surface area contributed by atoms with Crippen LogP contribution in [0.15, 0.2) is 78.7 Å². The molecule has 0 saturated heterocycles. The van der Waals surface area contributed by atoms with Crippen LogP contribution in [0.25, 0.3) is 28.2 Å². The van der Waals surface area contributed by atoms with Crippen molar-refractivity contribution in [2.45, 2.75) is 19.4 Å². The maximum absolute atomic E-state index is 13.5. The zero-order valence-electron chi connectivity index (χ0n) is 18.3. The first-order valence-corrected chi connectivity index (χ1v) is 12.0. The molecule has 0 spiro atoms. The minimum Gasteiger partial charge on any atom is -0.348 e. The average molecular weight is 464 g/mol. The van der Waals surface area contributed by atoms with Crippen LogP contribution < -0.4 is 5.32 Å². The second-order valence-corrected chi connectivity index (χ2v) is 9.18. The van der Waals surface area contributed by atoms with Gasteiger partial charge in [-0.2, -0.15) is 5.10 Å². The second kappa shape index (κ2) is 8.68. The van der Waals surface area contributed by atoms with E-state index in [1.54, 1.807) is 22.3 Å². The monoisotopic (exact) mass is 463 g/mol. The average Bonchev–Trinajstić information content (AvgIpc) is 3.65. The van der Waals surface area contributed by atoms with E-state index in [1.165, 1.54) is 16.8 Å². The molecule has 0 unspecified atom stereocenters. The van der Waals surface area contributed by atoms with Crippen LogP contribution in [0.3, 0.4) is 0 Å². The van der Waals surface area contributed by atoms with Crippen molar-refractivity contribution in [2.75, 3.05) is 0 Å². The molecule has 5 aromatic rings. The molecule has 1 N–H and O–H groups in total. The zero-order valence-corrected chi connectivity index (χ0v) is 19.1. The summed E-state index contributed by atoms with van der Waals surface area (Å²) in [7, 11) is 0. The fourth-order valence-corrected chi connectivity index (χ4v) is 5.14. The summed E-state index contributed by atoms with van der Waals surface area (Å²) >= 11 is 1.71. The molecule has 6 nitrogen and oxygen atoms in total. The number of hydrogen-bond acceptors (Lipinski definition) is 5. The van der Waals surface area contributed by atoms with Crippen molar-refractivity contribution in [2.24, 2.45) is 0 Å². The molecule has 6 rings (SSSR count). The number of nitrogens with zero attached hydrogens (tertiary/aromatic N) is 4. The predicted octanol–water partition coefficient (Wildman–Crippen LogP) is 5.29. The number of carbonyl (C=O) groups is 1. The lowest BCUT2D eigenvalue weighted by molar-refractivity contribution is 0.0951. The Labute approximate surface area is 200 Å². The molecule has 1 aliphatic carbocycles. The van der Waals surface area contributed by atoms with E-state index in [0.29, 0.717) is 6.54 Å². The second-order valence-electron chi connectivity index (χ2n) is 8.21. The van der Waals surface area contributed by atoms with Crippen molar-refractivity contribution in [3.63, 3.8) is 0 Å². The number of carbonyl (C=O) groups excluding carboxylic acids is 1. The number of nitrogens with one attached hydrogen (secondary N) is 1. The lowest BCUT2D eigenvalue weighted by atomic mass is 10.00. The standard InChI is InChI=1S/C27H21N5OS/c33-27(29-15-18-7-10-20(11-8-18)32-17-28-16-30-32)25-22-5-1-2-6-24(22)31-26-19(9-12-23(25)26)14-21-4-3-13-34-21/h1-8,10-11,13-14,16-17H,9,12,15H2,(H,29,33)/b19-14-. The summed E-state index contributed by atoms with van der Waals surface area (Å²) in [6.07, 6.45) is 7.08. The number of benzene rings is 2. The molecular weight excluding hydrogens is 442 g/mol. The molecule has 34 heavy (non-hydrogen) atoms. The Hall–Kier alpha value is -4.10. The first kappa shape index (κ1) is 20.5. The Morgan fingerprint density at radius 2 is 1.94 bits per heavy atom. The largest absolute Gasteiger partial charge is 0.348 e. The normalized spacial score (nSPS) is 13.9. The van der Waals surface area contributed by atoms with Crippen molar-refractivity contribution in [3.8, 4) is 5.69 Å². The summed E-state index contributed by atoms with van der Waals surface area (Å²) in [5.74, 6) is -0.0624. The van der Waals surface area contributed by atoms with Gasteiger partial charge in [0.1, 0.15) is 12.7 Å². The van der Waals surface area contributed by atoms with E-state index in [9.17, 15) is 4.79 Å². The summed E-state index contributed by atoms with van der Waals surface area (Å²) < 4.78 is 1.70. The predicted molar refractivity (Wildman–Crippen MR) is 135 cm³/mol. The van der Waals surface area contributed by atoms with Gasteiger partial charge in [0, 0.05) is 16.8 Å². The molecule has 1 amide bonds. The quantitative estimate of drug-likeness (QED) is 0.384. The molecule has 3 aromatic heterocycles. The number of pyridine rings is 1. The van der Waals surface area contributed by atoms with Gasteiger partial charge in [-0.1, -0.05) is 36.4 Å². The third-order valence-corrected chi connectivity index (χ3v) is 6.92. The van der Waals surface area contributed by atoms with Gasteiger partial charge in [-0.3, -0.25) is 4.79 Å². The Balaban J connectivity index is 1.31. The number of allylic oxidation sites excluding steroid dienone is 1.